The molecule has 1 fully saturated rings. The summed E-state index contributed by atoms with van der Waals surface area (Å²) in [5, 5.41) is 9.27. The van der Waals surface area contributed by atoms with Crippen LogP contribution in [0, 0.1) is 0 Å². The van der Waals surface area contributed by atoms with Crippen molar-refractivity contribution in [1.29, 1.82) is 0 Å². The van der Waals surface area contributed by atoms with Gasteiger partial charge in [0.05, 0.1) is 12.0 Å². The zero-order valence-electron chi connectivity index (χ0n) is 10.2. The first-order valence-electron chi connectivity index (χ1n) is 6.24. The number of carboxylic acid groups (broad SMARTS) is 1. The first kappa shape index (κ1) is 13.4. The van der Waals surface area contributed by atoms with E-state index >= 15 is 0 Å². The van der Waals surface area contributed by atoms with Gasteiger partial charge in [0.1, 0.15) is 0 Å². The minimum absolute atomic E-state index is 0.320. The zero-order chi connectivity index (χ0) is 12.8. The first-order valence-corrected chi connectivity index (χ1v) is 7.40. The molecule has 0 spiro atoms. The van der Waals surface area contributed by atoms with Gasteiger partial charge >= 0.3 is 5.97 Å². The van der Waals surface area contributed by atoms with E-state index in [4.69, 9.17) is 4.74 Å². The monoisotopic (exact) mass is 266 g/mol. The van der Waals surface area contributed by atoms with Gasteiger partial charge in [-0.25, -0.2) is 0 Å². The van der Waals surface area contributed by atoms with E-state index in [0.717, 1.165) is 30.8 Å². The van der Waals surface area contributed by atoms with Gasteiger partial charge in [0, 0.05) is 18.1 Å². The van der Waals surface area contributed by atoms with Crippen molar-refractivity contribution in [1.82, 2.24) is 0 Å². The van der Waals surface area contributed by atoms with Crippen molar-refractivity contribution < 1.29 is 14.6 Å². The van der Waals surface area contributed by atoms with E-state index in [9.17, 15) is 9.90 Å². The molecule has 0 amide bonds. The van der Waals surface area contributed by atoms with E-state index in [1.807, 2.05) is 30.3 Å². The SMILES string of the molecule is O=C(O)C(CSCC1CCCO1)c1ccccc1. The molecule has 0 aromatic heterocycles. The maximum absolute atomic E-state index is 11.3. The molecular weight excluding hydrogens is 248 g/mol. The van der Waals surface area contributed by atoms with Gasteiger partial charge in [-0.2, -0.15) is 11.8 Å². The first-order chi connectivity index (χ1) is 8.77. The molecule has 2 rings (SSSR count). The molecule has 2 unspecified atom stereocenters. The Hall–Kier alpha value is -1.00. The number of carbonyl (C=O) groups is 1. The predicted molar refractivity (Wildman–Crippen MR) is 73.1 cm³/mol. The van der Waals surface area contributed by atoms with Crippen LogP contribution < -0.4 is 0 Å². The quantitative estimate of drug-likeness (QED) is 0.860. The Morgan fingerprint density at radius 3 is 2.83 bits per heavy atom. The molecule has 3 nitrogen and oxygen atoms in total. The lowest BCUT2D eigenvalue weighted by atomic mass is 10.0. The van der Waals surface area contributed by atoms with E-state index in [2.05, 4.69) is 0 Å². The number of hydrogen-bond acceptors (Lipinski definition) is 3. The lowest BCUT2D eigenvalue weighted by Crippen LogP contribution is -2.16. The lowest BCUT2D eigenvalue weighted by Gasteiger charge is -2.14. The third-order valence-corrected chi connectivity index (χ3v) is 4.29. The van der Waals surface area contributed by atoms with Crippen molar-refractivity contribution in [3.05, 3.63) is 35.9 Å². The fourth-order valence-corrected chi connectivity index (χ4v) is 3.32. The van der Waals surface area contributed by atoms with E-state index in [1.165, 1.54) is 0 Å². The molecule has 4 heteroatoms. The van der Waals surface area contributed by atoms with Crippen molar-refractivity contribution in [2.75, 3.05) is 18.1 Å². The summed E-state index contributed by atoms with van der Waals surface area (Å²) in [6, 6.07) is 9.44. The lowest BCUT2D eigenvalue weighted by molar-refractivity contribution is -0.138. The molecule has 1 aromatic carbocycles. The molecule has 2 atom stereocenters. The van der Waals surface area contributed by atoms with Crippen LogP contribution in [0.3, 0.4) is 0 Å². The molecule has 0 bridgehead atoms. The van der Waals surface area contributed by atoms with Gasteiger partial charge in [-0.1, -0.05) is 30.3 Å². The van der Waals surface area contributed by atoms with Gasteiger partial charge < -0.3 is 9.84 Å². The highest BCUT2D eigenvalue weighted by Crippen LogP contribution is 2.24. The highest BCUT2D eigenvalue weighted by Gasteiger charge is 2.21. The smallest absolute Gasteiger partial charge is 0.311 e. The van der Waals surface area contributed by atoms with Crippen molar-refractivity contribution in [2.45, 2.75) is 24.9 Å². The summed E-state index contributed by atoms with van der Waals surface area (Å²) in [5.41, 5.74) is 0.879. The fraction of sp³-hybridized carbons (Fsp3) is 0.500. The topological polar surface area (TPSA) is 46.5 Å². The second-order valence-electron chi connectivity index (χ2n) is 4.47. The molecule has 0 aliphatic carbocycles. The molecular formula is C14H18O3S. The number of thioether (sulfide) groups is 1. The second-order valence-corrected chi connectivity index (χ2v) is 5.55. The van der Waals surface area contributed by atoms with Crippen LogP contribution in [0.25, 0.3) is 0 Å². The molecule has 1 N–H and O–H groups in total. The minimum Gasteiger partial charge on any atom is -0.481 e. The van der Waals surface area contributed by atoms with Crippen LogP contribution in [-0.4, -0.2) is 35.3 Å². The normalized spacial score (nSPS) is 20.8. The van der Waals surface area contributed by atoms with Crippen LogP contribution in [0.15, 0.2) is 30.3 Å². The van der Waals surface area contributed by atoms with Crippen molar-refractivity contribution in [2.24, 2.45) is 0 Å². The minimum atomic E-state index is -0.749. The average molecular weight is 266 g/mol. The zero-order valence-corrected chi connectivity index (χ0v) is 11.1. The molecule has 0 saturated carbocycles. The second kappa shape index (κ2) is 6.81. The van der Waals surface area contributed by atoms with Crippen molar-refractivity contribution in [3.63, 3.8) is 0 Å². The number of carboxylic acids is 1. The summed E-state index contributed by atoms with van der Waals surface area (Å²) >= 11 is 1.68. The van der Waals surface area contributed by atoms with E-state index in [-0.39, 0.29) is 0 Å². The van der Waals surface area contributed by atoms with E-state index in [1.54, 1.807) is 11.8 Å². The van der Waals surface area contributed by atoms with Gasteiger partial charge in [-0.3, -0.25) is 4.79 Å². The molecule has 1 saturated heterocycles. The fourth-order valence-electron chi connectivity index (χ4n) is 2.09. The third-order valence-electron chi connectivity index (χ3n) is 3.11. The molecule has 1 heterocycles. The van der Waals surface area contributed by atoms with Crippen LogP contribution in [0.2, 0.25) is 0 Å². The largest absolute Gasteiger partial charge is 0.481 e. The highest BCUT2D eigenvalue weighted by molar-refractivity contribution is 7.99. The number of rotatable bonds is 6. The van der Waals surface area contributed by atoms with Crippen LogP contribution >= 0.6 is 11.8 Å². The molecule has 98 valence electrons. The summed E-state index contributed by atoms with van der Waals surface area (Å²) in [6.45, 7) is 0.853. The van der Waals surface area contributed by atoms with Crippen molar-refractivity contribution >= 4 is 17.7 Å². The molecule has 18 heavy (non-hydrogen) atoms. The van der Waals surface area contributed by atoms with Gasteiger partial charge in [-0.15, -0.1) is 0 Å². The van der Waals surface area contributed by atoms with Crippen LogP contribution in [-0.2, 0) is 9.53 Å². The van der Waals surface area contributed by atoms with Gasteiger partial charge in [-0.05, 0) is 18.4 Å². The van der Waals surface area contributed by atoms with Gasteiger partial charge in [0.25, 0.3) is 0 Å². The Morgan fingerprint density at radius 2 is 2.22 bits per heavy atom. The summed E-state index contributed by atoms with van der Waals surface area (Å²) in [5.74, 6) is 0.342. The van der Waals surface area contributed by atoms with Crippen LogP contribution in [0.4, 0.5) is 0 Å². The Labute approximate surface area is 112 Å². The van der Waals surface area contributed by atoms with E-state index < -0.39 is 11.9 Å². The highest BCUT2D eigenvalue weighted by atomic mass is 32.2. The molecule has 1 aliphatic heterocycles. The predicted octanol–water partition coefficient (Wildman–Crippen LogP) is 2.77. The standard InChI is InChI=1S/C14H18O3S/c15-14(16)13(11-5-2-1-3-6-11)10-18-9-12-7-4-8-17-12/h1-3,5-6,12-13H,4,7-10H2,(H,15,16). The van der Waals surface area contributed by atoms with Crippen LogP contribution in [0.5, 0.6) is 0 Å². The third kappa shape index (κ3) is 3.75. The summed E-state index contributed by atoms with van der Waals surface area (Å²) in [6.07, 6.45) is 2.56. The maximum Gasteiger partial charge on any atom is 0.311 e. The van der Waals surface area contributed by atoms with Gasteiger partial charge in [0.15, 0.2) is 0 Å². The molecule has 0 radical (unpaired) electrons. The Morgan fingerprint density at radius 1 is 1.44 bits per heavy atom. The van der Waals surface area contributed by atoms with Crippen LogP contribution in [0.1, 0.15) is 24.3 Å². The number of benzene rings is 1. The number of ether oxygens (including phenoxy) is 1. The summed E-state index contributed by atoms with van der Waals surface area (Å²) in [7, 11) is 0. The Bertz CT molecular complexity index is 374. The maximum atomic E-state index is 11.3. The van der Waals surface area contributed by atoms with Crippen molar-refractivity contribution in [3.8, 4) is 0 Å². The summed E-state index contributed by atoms with van der Waals surface area (Å²) < 4.78 is 5.53. The molecule has 1 aliphatic rings. The number of aliphatic carboxylic acids is 1. The average Bonchev–Trinajstić information content (AvgIpc) is 2.88. The van der Waals surface area contributed by atoms with E-state index in [0.29, 0.717) is 11.9 Å². The molecule has 1 aromatic rings. The Balaban J connectivity index is 1.85. The van der Waals surface area contributed by atoms with Gasteiger partial charge in [0.2, 0.25) is 0 Å². The Kier molecular flexibility index (Phi) is 5.08. The summed E-state index contributed by atoms with van der Waals surface area (Å²) in [4.78, 5) is 11.3. The number of hydrogen-bond donors (Lipinski definition) is 1.